The van der Waals surface area contributed by atoms with Crippen LogP contribution in [0.4, 0.5) is 5.69 Å². The van der Waals surface area contributed by atoms with Crippen molar-refractivity contribution in [2.75, 3.05) is 12.4 Å². The SMILES string of the molecule is Cc1cccc(OCc2nnc(SCCOc3ccccc3[N+](=O)[O-])o2)c1. The Balaban J connectivity index is 1.44. The second-order valence-electron chi connectivity index (χ2n) is 5.49. The average Bonchev–Trinajstić information content (AvgIpc) is 3.12. The largest absolute Gasteiger partial charge is 0.486 e. The number of hydrogen-bond acceptors (Lipinski definition) is 8. The zero-order valence-corrected chi connectivity index (χ0v) is 15.3. The lowest BCUT2D eigenvalue weighted by Gasteiger charge is -2.05. The van der Waals surface area contributed by atoms with Crippen LogP contribution in [0.2, 0.25) is 0 Å². The van der Waals surface area contributed by atoms with Gasteiger partial charge in [0.25, 0.3) is 11.1 Å². The molecule has 9 heteroatoms. The zero-order chi connectivity index (χ0) is 19.1. The van der Waals surface area contributed by atoms with Gasteiger partial charge in [-0.25, -0.2) is 0 Å². The second-order valence-corrected chi connectivity index (χ2v) is 6.53. The topological polar surface area (TPSA) is 101 Å². The fraction of sp³-hybridized carbons (Fsp3) is 0.222. The van der Waals surface area contributed by atoms with E-state index in [0.29, 0.717) is 16.9 Å². The van der Waals surface area contributed by atoms with Crippen LogP contribution in [-0.2, 0) is 6.61 Å². The number of nitrogens with zero attached hydrogens (tertiary/aromatic N) is 3. The Morgan fingerprint density at radius 1 is 1.15 bits per heavy atom. The predicted octanol–water partition coefficient (Wildman–Crippen LogP) is 4.04. The van der Waals surface area contributed by atoms with E-state index in [-0.39, 0.29) is 24.7 Å². The van der Waals surface area contributed by atoms with Gasteiger partial charge in [0, 0.05) is 11.8 Å². The highest BCUT2D eigenvalue weighted by Gasteiger charge is 2.14. The quantitative estimate of drug-likeness (QED) is 0.235. The fourth-order valence-electron chi connectivity index (χ4n) is 2.22. The van der Waals surface area contributed by atoms with E-state index >= 15 is 0 Å². The van der Waals surface area contributed by atoms with E-state index in [1.807, 2.05) is 31.2 Å². The summed E-state index contributed by atoms with van der Waals surface area (Å²) in [4.78, 5) is 10.5. The molecule has 0 saturated carbocycles. The first-order chi connectivity index (χ1) is 13.1. The van der Waals surface area contributed by atoms with Gasteiger partial charge in [-0.15, -0.1) is 10.2 Å². The van der Waals surface area contributed by atoms with Crippen molar-refractivity contribution in [2.24, 2.45) is 0 Å². The normalized spacial score (nSPS) is 10.6. The van der Waals surface area contributed by atoms with Gasteiger partial charge in [-0.2, -0.15) is 0 Å². The lowest BCUT2D eigenvalue weighted by molar-refractivity contribution is -0.385. The number of nitro benzene ring substituents is 1. The van der Waals surface area contributed by atoms with Gasteiger partial charge >= 0.3 is 5.69 Å². The summed E-state index contributed by atoms with van der Waals surface area (Å²) in [6.07, 6.45) is 0. The summed E-state index contributed by atoms with van der Waals surface area (Å²) in [5, 5.41) is 19.2. The Bertz CT molecular complexity index is 915. The molecule has 0 radical (unpaired) electrons. The number of thioether (sulfide) groups is 1. The van der Waals surface area contributed by atoms with E-state index in [9.17, 15) is 10.1 Å². The second kappa shape index (κ2) is 9.04. The molecule has 0 amide bonds. The molecule has 140 valence electrons. The van der Waals surface area contributed by atoms with Crippen molar-refractivity contribution in [3.63, 3.8) is 0 Å². The van der Waals surface area contributed by atoms with Crippen LogP contribution in [0.15, 0.2) is 58.2 Å². The standard InChI is InChI=1S/C18H17N3O5S/c1-13-5-4-6-14(11-13)25-12-17-19-20-18(26-17)27-10-9-24-16-8-3-2-7-15(16)21(22)23/h2-8,11H,9-10,12H2,1H3. The molecule has 3 aromatic rings. The monoisotopic (exact) mass is 387 g/mol. The Kier molecular flexibility index (Phi) is 6.26. The van der Waals surface area contributed by atoms with Crippen molar-refractivity contribution in [2.45, 2.75) is 18.8 Å². The van der Waals surface area contributed by atoms with Crippen LogP contribution in [0.5, 0.6) is 11.5 Å². The van der Waals surface area contributed by atoms with Gasteiger partial charge in [0.1, 0.15) is 5.75 Å². The molecule has 0 aliphatic rings. The summed E-state index contributed by atoms with van der Waals surface area (Å²) in [5.74, 6) is 1.85. The van der Waals surface area contributed by atoms with E-state index in [2.05, 4.69) is 10.2 Å². The van der Waals surface area contributed by atoms with Crippen LogP contribution in [-0.4, -0.2) is 27.5 Å². The molecule has 2 aromatic carbocycles. The van der Waals surface area contributed by atoms with Gasteiger partial charge in [0.2, 0.25) is 0 Å². The van der Waals surface area contributed by atoms with Crippen molar-refractivity contribution in [1.29, 1.82) is 0 Å². The minimum absolute atomic E-state index is 0.0594. The Hall–Kier alpha value is -3.07. The summed E-state index contributed by atoms with van der Waals surface area (Å²) >= 11 is 1.31. The highest BCUT2D eigenvalue weighted by molar-refractivity contribution is 7.99. The first kappa shape index (κ1) is 18.7. The number of rotatable bonds is 9. The summed E-state index contributed by atoms with van der Waals surface area (Å²) in [6.45, 7) is 2.44. The molecular weight excluding hydrogens is 370 g/mol. The molecule has 0 aliphatic heterocycles. The van der Waals surface area contributed by atoms with Crippen molar-refractivity contribution < 1.29 is 18.8 Å². The summed E-state index contributed by atoms with van der Waals surface area (Å²) in [7, 11) is 0. The molecule has 0 fully saturated rings. The van der Waals surface area contributed by atoms with Crippen LogP contribution < -0.4 is 9.47 Å². The van der Waals surface area contributed by atoms with E-state index in [0.717, 1.165) is 11.3 Å². The summed E-state index contributed by atoms with van der Waals surface area (Å²) < 4.78 is 16.6. The minimum Gasteiger partial charge on any atom is -0.486 e. The number of aromatic nitrogens is 2. The molecule has 0 aliphatic carbocycles. The molecule has 0 bridgehead atoms. The van der Waals surface area contributed by atoms with Crippen LogP contribution in [0.1, 0.15) is 11.5 Å². The maximum absolute atomic E-state index is 10.9. The third kappa shape index (κ3) is 5.45. The van der Waals surface area contributed by atoms with Crippen molar-refractivity contribution >= 4 is 17.4 Å². The Morgan fingerprint density at radius 2 is 2.00 bits per heavy atom. The van der Waals surface area contributed by atoms with E-state index < -0.39 is 4.92 Å². The van der Waals surface area contributed by atoms with E-state index in [1.165, 1.54) is 17.8 Å². The van der Waals surface area contributed by atoms with Crippen molar-refractivity contribution in [3.05, 3.63) is 70.1 Å². The Morgan fingerprint density at radius 3 is 2.81 bits per heavy atom. The maximum atomic E-state index is 10.9. The molecule has 1 heterocycles. The molecule has 27 heavy (non-hydrogen) atoms. The van der Waals surface area contributed by atoms with Gasteiger partial charge < -0.3 is 13.9 Å². The van der Waals surface area contributed by atoms with Gasteiger partial charge in [-0.1, -0.05) is 36.0 Å². The number of hydrogen-bond donors (Lipinski definition) is 0. The van der Waals surface area contributed by atoms with E-state index in [1.54, 1.807) is 18.2 Å². The van der Waals surface area contributed by atoms with Crippen LogP contribution in [0.3, 0.4) is 0 Å². The molecule has 0 unspecified atom stereocenters. The van der Waals surface area contributed by atoms with Gasteiger partial charge in [-0.3, -0.25) is 10.1 Å². The number of benzene rings is 2. The predicted molar refractivity (Wildman–Crippen MR) is 99.1 cm³/mol. The van der Waals surface area contributed by atoms with Crippen molar-refractivity contribution in [1.82, 2.24) is 10.2 Å². The van der Waals surface area contributed by atoms with Crippen LogP contribution in [0.25, 0.3) is 0 Å². The third-order valence-corrected chi connectivity index (χ3v) is 4.21. The smallest absolute Gasteiger partial charge is 0.310 e. The summed E-state index contributed by atoms with van der Waals surface area (Å²) in [5.41, 5.74) is 1.05. The van der Waals surface area contributed by atoms with Gasteiger partial charge in [0.05, 0.1) is 11.5 Å². The fourth-order valence-corrected chi connectivity index (χ4v) is 2.81. The first-order valence-corrected chi connectivity index (χ1v) is 9.11. The highest BCUT2D eigenvalue weighted by atomic mass is 32.2. The minimum atomic E-state index is -0.471. The Labute approximate surface area is 159 Å². The highest BCUT2D eigenvalue weighted by Crippen LogP contribution is 2.26. The lowest BCUT2D eigenvalue weighted by Crippen LogP contribution is -2.02. The molecule has 0 saturated heterocycles. The summed E-state index contributed by atoms with van der Waals surface area (Å²) in [6, 6.07) is 13.9. The lowest BCUT2D eigenvalue weighted by atomic mass is 10.2. The van der Waals surface area contributed by atoms with Crippen LogP contribution >= 0.6 is 11.8 Å². The van der Waals surface area contributed by atoms with Gasteiger partial charge in [0.15, 0.2) is 12.4 Å². The number of aryl methyl sites for hydroxylation is 1. The molecule has 8 nitrogen and oxygen atoms in total. The van der Waals surface area contributed by atoms with Crippen molar-refractivity contribution in [3.8, 4) is 11.5 Å². The first-order valence-electron chi connectivity index (χ1n) is 8.12. The number of ether oxygens (including phenoxy) is 2. The zero-order valence-electron chi connectivity index (χ0n) is 14.5. The number of para-hydroxylation sites is 2. The molecule has 0 spiro atoms. The molecule has 0 N–H and O–H groups in total. The van der Waals surface area contributed by atoms with Gasteiger partial charge in [-0.05, 0) is 30.7 Å². The average molecular weight is 387 g/mol. The molecule has 3 rings (SSSR count). The molecular formula is C18H17N3O5S. The molecule has 1 aromatic heterocycles. The van der Waals surface area contributed by atoms with Crippen LogP contribution in [0, 0.1) is 17.0 Å². The van der Waals surface area contributed by atoms with E-state index in [4.69, 9.17) is 13.9 Å². The molecule has 0 atom stereocenters. The maximum Gasteiger partial charge on any atom is 0.310 e. The third-order valence-electron chi connectivity index (χ3n) is 3.43. The number of nitro groups is 1.